The molecule has 1 fully saturated rings. The molecule has 0 saturated carbocycles. The summed E-state index contributed by atoms with van der Waals surface area (Å²) in [6, 6.07) is 9.63. The molecule has 0 amide bonds. The molecule has 1 aromatic carbocycles. The maximum Gasteiger partial charge on any atom is 0.0386 e. The van der Waals surface area contributed by atoms with Crippen molar-refractivity contribution in [1.82, 2.24) is 10.2 Å². The second kappa shape index (κ2) is 11.8. The Labute approximate surface area is 160 Å². The number of piperazine rings is 1. The molecule has 1 heterocycles. The van der Waals surface area contributed by atoms with Crippen LogP contribution in [0.2, 0.25) is 0 Å². The van der Waals surface area contributed by atoms with Crippen LogP contribution in [0.1, 0.15) is 38.8 Å². The average Bonchev–Trinajstić information content (AvgIpc) is 2.55. The van der Waals surface area contributed by atoms with Gasteiger partial charge in [0, 0.05) is 51.0 Å². The van der Waals surface area contributed by atoms with E-state index in [0.29, 0.717) is 6.04 Å². The van der Waals surface area contributed by atoms with Gasteiger partial charge in [0.2, 0.25) is 0 Å². The normalized spacial score (nSPS) is 15.8. The standard InChI is InChI=1S/C19H31N3.2ClH/c1-5-21(6-2)18-9-7-17(8-10-18)19(15-16(3)4)22-13-11-20-12-14-22;;/h7-10,19-20H,3,5-6,11-15H2,1-2,4H3;2*1H/t19-;;/m0../s1. The molecule has 0 unspecified atom stereocenters. The van der Waals surface area contributed by atoms with Gasteiger partial charge in [0.15, 0.2) is 0 Å². The summed E-state index contributed by atoms with van der Waals surface area (Å²) < 4.78 is 0. The number of nitrogens with one attached hydrogen (secondary N) is 1. The predicted octanol–water partition coefficient (Wildman–Crippen LogP) is 4.29. The van der Waals surface area contributed by atoms with Gasteiger partial charge in [-0.25, -0.2) is 0 Å². The van der Waals surface area contributed by atoms with Crippen molar-refractivity contribution in [3.63, 3.8) is 0 Å². The number of halogens is 2. The van der Waals surface area contributed by atoms with Crippen LogP contribution in [0.25, 0.3) is 0 Å². The number of hydrogen-bond donors (Lipinski definition) is 1. The van der Waals surface area contributed by atoms with E-state index in [1.165, 1.54) is 16.8 Å². The molecule has 0 aliphatic carbocycles. The first-order chi connectivity index (χ1) is 10.7. The summed E-state index contributed by atoms with van der Waals surface area (Å²) in [5.74, 6) is 0. The maximum absolute atomic E-state index is 4.14. The smallest absolute Gasteiger partial charge is 0.0386 e. The van der Waals surface area contributed by atoms with Gasteiger partial charge in [0.1, 0.15) is 0 Å². The molecule has 1 saturated heterocycles. The lowest BCUT2D eigenvalue weighted by molar-refractivity contribution is 0.172. The van der Waals surface area contributed by atoms with Crippen LogP contribution < -0.4 is 10.2 Å². The van der Waals surface area contributed by atoms with Crippen molar-refractivity contribution in [3.05, 3.63) is 42.0 Å². The van der Waals surface area contributed by atoms with Crippen LogP contribution >= 0.6 is 24.8 Å². The molecule has 1 aliphatic rings. The molecule has 2 rings (SSSR count). The summed E-state index contributed by atoms with van der Waals surface area (Å²) in [6.07, 6.45) is 1.05. The molecule has 0 aromatic heterocycles. The van der Waals surface area contributed by atoms with Gasteiger partial charge in [-0.15, -0.1) is 31.4 Å². The van der Waals surface area contributed by atoms with Crippen molar-refractivity contribution in [2.45, 2.75) is 33.2 Å². The van der Waals surface area contributed by atoms with E-state index in [-0.39, 0.29) is 24.8 Å². The molecule has 1 atom stereocenters. The fourth-order valence-electron chi connectivity index (χ4n) is 3.28. The zero-order valence-electron chi connectivity index (χ0n) is 15.3. The third-order valence-electron chi connectivity index (χ3n) is 4.54. The van der Waals surface area contributed by atoms with Crippen LogP contribution in [0, 0.1) is 0 Å². The summed E-state index contributed by atoms with van der Waals surface area (Å²) in [4.78, 5) is 4.99. The van der Waals surface area contributed by atoms with Crippen LogP contribution in [0.15, 0.2) is 36.4 Å². The first-order valence-corrected chi connectivity index (χ1v) is 8.59. The fourth-order valence-corrected chi connectivity index (χ4v) is 3.28. The quantitative estimate of drug-likeness (QED) is 0.719. The highest BCUT2D eigenvalue weighted by Gasteiger charge is 2.22. The lowest BCUT2D eigenvalue weighted by Crippen LogP contribution is -2.45. The highest BCUT2D eigenvalue weighted by molar-refractivity contribution is 5.85. The van der Waals surface area contributed by atoms with Gasteiger partial charge >= 0.3 is 0 Å². The second-order valence-electron chi connectivity index (χ2n) is 6.23. The first kappa shape index (κ1) is 23.3. The number of nitrogens with zero attached hydrogens (tertiary/aromatic N) is 2. The largest absolute Gasteiger partial charge is 0.372 e. The molecule has 24 heavy (non-hydrogen) atoms. The second-order valence-corrected chi connectivity index (χ2v) is 6.23. The molecule has 1 aromatic rings. The number of benzene rings is 1. The number of hydrogen-bond acceptors (Lipinski definition) is 3. The minimum absolute atomic E-state index is 0. The van der Waals surface area contributed by atoms with Gasteiger partial charge in [-0.3, -0.25) is 4.90 Å². The summed E-state index contributed by atoms with van der Waals surface area (Å²) in [6.45, 7) is 17.2. The Hall–Kier alpha value is -0.740. The van der Waals surface area contributed by atoms with E-state index >= 15 is 0 Å². The third kappa shape index (κ3) is 6.29. The molecule has 1 N–H and O–H groups in total. The van der Waals surface area contributed by atoms with Crippen LogP contribution in [0.5, 0.6) is 0 Å². The van der Waals surface area contributed by atoms with E-state index < -0.39 is 0 Å². The third-order valence-corrected chi connectivity index (χ3v) is 4.54. The molecular weight excluding hydrogens is 341 g/mol. The molecule has 3 nitrogen and oxygen atoms in total. The summed E-state index contributed by atoms with van der Waals surface area (Å²) in [5.41, 5.74) is 4.00. The highest BCUT2D eigenvalue weighted by atomic mass is 35.5. The van der Waals surface area contributed by atoms with E-state index in [9.17, 15) is 0 Å². The molecule has 0 radical (unpaired) electrons. The van der Waals surface area contributed by atoms with Crippen molar-refractivity contribution in [2.75, 3.05) is 44.2 Å². The molecular formula is C19H33Cl2N3. The van der Waals surface area contributed by atoms with Gasteiger partial charge < -0.3 is 10.2 Å². The Morgan fingerprint density at radius 3 is 2.12 bits per heavy atom. The number of rotatable bonds is 7. The van der Waals surface area contributed by atoms with Crippen molar-refractivity contribution >= 4 is 30.5 Å². The average molecular weight is 374 g/mol. The Balaban J connectivity index is 0.00000264. The molecule has 0 spiro atoms. The molecule has 138 valence electrons. The van der Waals surface area contributed by atoms with E-state index in [0.717, 1.165) is 45.7 Å². The minimum Gasteiger partial charge on any atom is -0.372 e. The van der Waals surface area contributed by atoms with Gasteiger partial charge in [0.25, 0.3) is 0 Å². The van der Waals surface area contributed by atoms with Gasteiger partial charge in [-0.1, -0.05) is 17.7 Å². The van der Waals surface area contributed by atoms with Crippen molar-refractivity contribution in [1.29, 1.82) is 0 Å². The fraction of sp³-hybridized carbons (Fsp3) is 0.579. The Kier molecular flexibility index (Phi) is 11.4. The SMILES string of the molecule is C=C(C)C[C@@H](c1ccc(N(CC)CC)cc1)N1CCNCC1.Cl.Cl. The first-order valence-electron chi connectivity index (χ1n) is 8.59. The Bertz CT molecular complexity index is 466. The van der Waals surface area contributed by atoms with E-state index in [1.54, 1.807) is 0 Å². The lowest BCUT2D eigenvalue weighted by atomic mass is 9.97. The highest BCUT2D eigenvalue weighted by Crippen LogP contribution is 2.29. The topological polar surface area (TPSA) is 18.5 Å². The van der Waals surface area contributed by atoms with Crippen LogP contribution in [-0.4, -0.2) is 44.2 Å². The molecule has 0 bridgehead atoms. The van der Waals surface area contributed by atoms with E-state index in [2.05, 4.69) is 66.7 Å². The Morgan fingerprint density at radius 1 is 1.12 bits per heavy atom. The zero-order valence-corrected chi connectivity index (χ0v) is 16.9. The lowest BCUT2D eigenvalue weighted by Gasteiger charge is -2.35. The van der Waals surface area contributed by atoms with Crippen LogP contribution in [0.4, 0.5) is 5.69 Å². The molecule has 1 aliphatic heterocycles. The number of anilines is 1. The van der Waals surface area contributed by atoms with E-state index in [4.69, 9.17) is 0 Å². The summed E-state index contributed by atoms with van der Waals surface area (Å²) in [5, 5.41) is 3.44. The monoisotopic (exact) mass is 373 g/mol. The van der Waals surface area contributed by atoms with Gasteiger partial charge in [-0.2, -0.15) is 0 Å². The maximum atomic E-state index is 4.14. The Morgan fingerprint density at radius 2 is 1.67 bits per heavy atom. The summed E-state index contributed by atoms with van der Waals surface area (Å²) >= 11 is 0. The van der Waals surface area contributed by atoms with Crippen molar-refractivity contribution in [2.24, 2.45) is 0 Å². The van der Waals surface area contributed by atoms with Crippen LogP contribution in [0.3, 0.4) is 0 Å². The van der Waals surface area contributed by atoms with Gasteiger partial charge in [0.05, 0.1) is 0 Å². The van der Waals surface area contributed by atoms with Crippen molar-refractivity contribution in [3.8, 4) is 0 Å². The zero-order chi connectivity index (χ0) is 15.9. The summed E-state index contributed by atoms with van der Waals surface area (Å²) in [7, 11) is 0. The van der Waals surface area contributed by atoms with Crippen LogP contribution in [-0.2, 0) is 0 Å². The van der Waals surface area contributed by atoms with Crippen molar-refractivity contribution < 1.29 is 0 Å². The molecule has 5 heteroatoms. The minimum atomic E-state index is 0. The van der Waals surface area contributed by atoms with E-state index in [1.807, 2.05) is 0 Å². The van der Waals surface area contributed by atoms with Gasteiger partial charge in [-0.05, 0) is 44.9 Å². The predicted molar refractivity (Wildman–Crippen MR) is 111 cm³/mol.